The van der Waals surface area contributed by atoms with Gasteiger partial charge in [-0.25, -0.2) is 9.36 Å². The Hall–Kier alpha value is -3.45. The minimum absolute atomic E-state index is 0.278. The molecule has 29 heavy (non-hydrogen) atoms. The summed E-state index contributed by atoms with van der Waals surface area (Å²) in [7, 11) is 0. The van der Waals surface area contributed by atoms with Gasteiger partial charge < -0.3 is 5.32 Å². The number of hydrogen-bond acceptors (Lipinski definition) is 4. The number of aromatic nitrogens is 5. The second kappa shape index (κ2) is 7.89. The largest absolute Gasteiger partial charge is 0.346 e. The van der Waals surface area contributed by atoms with Gasteiger partial charge in [0.1, 0.15) is 0 Å². The van der Waals surface area contributed by atoms with Gasteiger partial charge in [-0.3, -0.25) is 4.79 Å². The molecule has 0 radical (unpaired) electrons. The topological polar surface area (TPSA) is 77.6 Å². The van der Waals surface area contributed by atoms with Crippen molar-refractivity contribution in [2.24, 2.45) is 0 Å². The summed E-state index contributed by atoms with van der Waals surface area (Å²) in [6.45, 7) is 4.18. The SMILES string of the molecule is Cc1ccc(-n2nnc(C(=O)NCc3cnn(-c4ccc(Cl)cc4)c3)c2C)cc1. The van der Waals surface area contributed by atoms with Gasteiger partial charge in [-0.05, 0) is 50.2 Å². The van der Waals surface area contributed by atoms with Gasteiger partial charge in [0.15, 0.2) is 5.69 Å². The van der Waals surface area contributed by atoms with Crippen molar-refractivity contribution in [2.75, 3.05) is 0 Å². The summed E-state index contributed by atoms with van der Waals surface area (Å²) in [5, 5.41) is 16.0. The van der Waals surface area contributed by atoms with Crippen LogP contribution in [0.5, 0.6) is 0 Å². The van der Waals surface area contributed by atoms with E-state index in [1.54, 1.807) is 27.7 Å². The minimum atomic E-state index is -0.278. The van der Waals surface area contributed by atoms with E-state index in [0.717, 1.165) is 22.5 Å². The first kappa shape index (κ1) is 18.9. The Morgan fingerprint density at radius 1 is 1.03 bits per heavy atom. The van der Waals surface area contributed by atoms with E-state index in [1.165, 1.54) is 0 Å². The first-order chi connectivity index (χ1) is 14.0. The van der Waals surface area contributed by atoms with Crippen LogP contribution in [0.3, 0.4) is 0 Å². The number of halogens is 1. The molecule has 1 N–H and O–H groups in total. The Bertz CT molecular complexity index is 1140. The molecular weight excluding hydrogens is 388 g/mol. The Morgan fingerprint density at radius 2 is 1.72 bits per heavy atom. The summed E-state index contributed by atoms with van der Waals surface area (Å²) < 4.78 is 3.39. The summed E-state index contributed by atoms with van der Waals surface area (Å²) in [4.78, 5) is 12.6. The number of benzene rings is 2. The van der Waals surface area contributed by atoms with E-state index in [4.69, 9.17) is 11.6 Å². The number of amides is 1. The molecule has 4 aromatic rings. The van der Waals surface area contributed by atoms with Crippen LogP contribution in [0.15, 0.2) is 60.9 Å². The van der Waals surface area contributed by atoms with Crippen molar-refractivity contribution < 1.29 is 4.79 Å². The quantitative estimate of drug-likeness (QED) is 0.548. The van der Waals surface area contributed by atoms with Crippen molar-refractivity contribution >= 4 is 17.5 Å². The van der Waals surface area contributed by atoms with E-state index in [9.17, 15) is 4.79 Å². The van der Waals surface area contributed by atoms with E-state index in [1.807, 2.05) is 56.4 Å². The van der Waals surface area contributed by atoms with E-state index in [-0.39, 0.29) is 5.91 Å². The lowest BCUT2D eigenvalue weighted by Gasteiger charge is -2.05. The standard InChI is InChI=1S/C21H19ClN6O/c1-14-3-7-19(8-4-14)28-15(2)20(25-26-28)21(29)23-11-16-12-24-27(13-16)18-9-5-17(22)6-10-18/h3-10,12-13H,11H2,1-2H3,(H,23,29). The molecule has 7 nitrogen and oxygen atoms in total. The Kier molecular flexibility index (Phi) is 5.14. The molecule has 0 bridgehead atoms. The third-order valence-corrected chi connectivity index (χ3v) is 4.82. The molecule has 0 saturated heterocycles. The Labute approximate surface area is 172 Å². The lowest BCUT2D eigenvalue weighted by atomic mass is 10.2. The van der Waals surface area contributed by atoms with Gasteiger partial charge in [-0.15, -0.1) is 5.10 Å². The number of hydrogen-bond donors (Lipinski definition) is 1. The molecule has 0 atom stereocenters. The van der Waals surface area contributed by atoms with Crippen molar-refractivity contribution in [2.45, 2.75) is 20.4 Å². The zero-order valence-electron chi connectivity index (χ0n) is 16.0. The van der Waals surface area contributed by atoms with Crippen LogP contribution in [0.4, 0.5) is 0 Å². The van der Waals surface area contributed by atoms with Crippen LogP contribution >= 0.6 is 11.6 Å². The van der Waals surface area contributed by atoms with E-state index in [2.05, 4.69) is 20.7 Å². The summed E-state index contributed by atoms with van der Waals surface area (Å²) in [5.74, 6) is -0.278. The fourth-order valence-corrected chi connectivity index (χ4v) is 3.05. The molecule has 0 aliphatic rings. The Morgan fingerprint density at radius 3 is 2.45 bits per heavy atom. The molecule has 2 aromatic carbocycles. The summed E-state index contributed by atoms with van der Waals surface area (Å²) in [6.07, 6.45) is 3.57. The number of nitrogens with zero attached hydrogens (tertiary/aromatic N) is 5. The number of carbonyl (C=O) groups is 1. The molecular formula is C21H19ClN6O. The maximum absolute atomic E-state index is 12.6. The average Bonchev–Trinajstić information content (AvgIpc) is 3.34. The van der Waals surface area contributed by atoms with Gasteiger partial charge in [0.25, 0.3) is 5.91 Å². The molecule has 2 aromatic heterocycles. The second-order valence-corrected chi connectivity index (χ2v) is 7.16. The third kappa shape index (κ3) is 4.05. The van der Waals surface area contributed by atoms with Crippen molar-refractivity contribution in [3.63, 3.8) is 0 Å². The van der Waals surface area contributed by atoms with E-state index in [0.29, 0.717) is 23.0 Å². The fraction of sp³-hybridized carbons (Fsp3) is 0.143. The molecule has 0 saturated carbocycles. The highest BCUT2D eigenvalue weighted by atomic mass is 35.5. The first-order valence-electron chi connectivity index (χ1n) is 9.08. The van der Waals surface area contributed by atoms with E-state index >= 15 is 0 Å². The van der Waals surface area contributed by atoms with E-state index < -0.39 is 0 Å². The lowest BCUT2D eigenvalue weighted by Crippen LogP contribution is -2.24. The maximum atomic E-state index is 12.6. The normalized spacial score (nSPS) is 10.9. The first-order valence-corrected chi connectivity index (χ1v) is 9.46. The van der Waals surface area contributed by atoms with Crippen LogP contribution in [0.1, 0.15) is 27.3 Å². The summed E-state index contributed by atoms with van der Waals surface area (Å²) in [6, 6.07) is 15.3. The second-order valence-electron chi connectivity index (χ2n) is 6.72. The lowest BCUT2D eigenvalue weighted by molar-refractivity contribution is 0.0945. The number of carbonyl (C=O) groups excluding carboxylic acids is 1. The summed E-state index contributed by atoms with van der Waals surface area (Å²) >= 11 is 5.92. The van der Waals surface area contributed by atoms with Crippen molar-refractivity contribution in [1.29, 1.82) is 0 Å². The zero-order chi connectivity index (χ0) is 20.4. The van der Waals surface area contributed by atoms with Crippen LogP contribution in [0.2, 0.25) is 5.02 Å². The van der Waals surface area contributed by atoms with Crippen LogP contribution in [-0.2, 0) is 6.54 Å². The molecule has 1 amide bonds. The van der Waals surface area contributed by atoms with Crippen molar-refractivity contribution in [3.05, 3.63) is 88.5 Å². The molecule has 4 rings (SSSR count). The van der Waals surface area contributed by atoms with Crippen LogP contribution in [0.25, 0.3) is 11.4 Å². The van der Waals surface area contributed by atoms with Crippen molar-refractivity contribution in [1.82, 2.24) is 30.1 Å². The van der Waals surface area contributed by atoms with Crippen LogP contribution in [-0.4, -0.2) is 30.7 Å². The minimum Gasteiger partial charge on any atom is -0.346 e. The van der Waals surface area contributed by atoms with Gasteiger partial charge in [0.05, 0.1) is 23.3 Å². The predicted octanol–water partition coefficient (Wildman–Crippen LogP) is 3.65. The molecule has 0 unspecified atom stereocenters. The molecule has 2 heterocycles. The molecule has 0 aliphatic carbocycles. The molecule has 0 fully saturated rings. The van der Waals surface area contributed by atoms with Crippen LogP contribution in [0, 0.1) is 13.8 Å². The highest BCUT2D eigenvalue weighted by Crippen LogP contribution is 2.15. The fourth-order valence-electron chi connectivity index (χ4n) is 2.92. The molecule has 146 valence electrons. The highest BCUT2D eigenvalue weighted by molar-refractivity contribution is 6.30. The van der Waals surface area contributed by atoms with Gasteiger partial charge in [0, 0.05) is 23.3 Å². The van der Waals surface area contributed by atoms with Gasteiger partial charge in [-0.2, -0.15) is 5.10 Å². The number of rotatable bonds is 5. The summed E-state index contributed by atoms with van der Waals surface area (Å²) in [5.41, 5.74) is 4.77. The Balaban J connectivity index is 1.44. The van der Waals surface area contributed by atoms with Gasteiger partial charge >= 0.3 is 0 Å². The highest BCUT2D eigenvalue weighted by Gasteiger charge is 2.17. The third-order valence-electron chi connectivity index (χ3n) is 4.57. The van der Waals surface area contributed by atoms with Gasteiger partial charge in [-0.1, -0.05) is 34.5 Å². The number of nitrogens with one attached hydrogen (secondary N) is 1. The maximum Gasteiger partial charge on any atom is 0.274 e. The predicted molar refractivity (Wildman–Crippen MR) is 111 cm³/mol. The van der Waals surface area contributed by atoms with Gasteiger partial charge in [0.2, 0.25) is 0 Å². The molecule has 0 spiro atoms. The number of aryl methyl sites for hydroxylation is 1. The van der Waals surface area contributed by atoms with Crippen LogP contribution < -0.4 is 5.32 Å². The van der Waals surface area contributed by atoms with Crippen molar-refractivity contribution in [3.8, 4) is 11.4 Å². The molecule has 8 heteroatoms. The molecule has 0 aliphatic heterocycles. The monoisotopic (exact) mass is 406 g/mol. The zero-order valence-corrected chi connectivity index (χ0v) is 16.8. The average molecular weight is 407 g/mol. The smallest absolute Gasteiger partial charge is 0.274 e.